The molecule has 6 atom stereocenters. The molecule has 50 heavy (non-hydrogen) atoms. The van der Waals surface area contributed by atoms with Crippen molar-refractivity contribution in [3.05, 3.63) is 23.0 Å². The molecular formula is C27H37N13O9S. The van der Waals surface area contributed by atoms with Gasteiger partial charge in [0, 0.05) is 26.2 Å². The molecule has 3 aliphatic rings. The highest BCUT2D eigenvalue weighted by Crippen LogP contribution is 2.33. The number of carbonyl (C=O) groups is 2. The Labute approximate surface area is 283 Å². The van der Waals surface area contributed by atoms with Crippen molar-refractivity contribution in [3.8, 4) is 0 Å². The fraction of sp³-hybridized carbons (Fsp3) is 0.556. The maximum atomic E-state index is 13.3. The fourth-order valence-electron chi connectivity index (χ4n) is 6.30. The number of aliphatic hydroxyl groups excluding tert-OH is 2. The Hall–Kier alpha value is -4.81. The average molecular weight is 720 g/mol. The van der Waals surface area contributed by atoms with E-state index >= 15 is 0 Å². The van der Waals surface area contributed by atoms with Crippen LogP contribution in [0.15, 0.2) is 22.4 Å². The van der Waals surface area contributed by atoms with Crippen LogP contribution >= 0.6 is 0 Å². The first-order chi connectivity index (χ1) is 23.6. The zero-order valence-electron chi connectivity index (χ0n) is 26.8. The maximum Gasteiger partial charge on any atom is 0.320 e. The number of anilines is 3. The van der Waals surface area contributed by atoms with E-state index in [9.17, 15) is 38.1 Å². The molecule has 2 fully saturated rings. The lowest BCUT2D eigenvalue weighted by Gasteiger charge is -2.37. The Bertz CT molecular complexity index is 2020. The number of amides is 1. The summed E-state index contributed by atoms with van der Waals surface area (Å²) in [6.45, 7) is 3.10. The third kappa shape index (κ3) is 6.57. The van der Waals surface area contributed by atoms with Gasteiger partial charge in [-0.3, -0.25) is 28.8 Å². The Morgan fingerprint density at radius 2 is 1.94 bits per heavy atom. The van der Waals surface area contributed by atoms with Crippen molar-refractivity contribution in [1.82, 2.24) is 44.4 Å². The van der Waals surface area contributed by atoms with Crippen molar-refractivity contribution < 1.29 is 38.1 Å². The molecule has 270 valence electrons. The summed E-state index contributed by atoms with van der Waals surface area (Å²) in [7, 11) is -4.11. The standard InChI is InChI=1S/C27H37N13O9S/c1-27(2)18(35-15-20(38-27)36-26(29)37-22(15)43)23(44)30-4-6-39-5-3-11(7-12(39)25(45)46)50(47,48)34-8-13-16(41)17(42)24(49-13)40-10-33-14-19(28)31-9-32-21(14)40/h9-13,16-17,24,34,41-42H,3-8H2,1-2H3,(H,30,44)(H,45,46)(H2,28,31,32)(H4,29,36,37,38,43)/t11?,12?,13-,16+,17+,24-/m1/s1. The van der Waals surface area contributed by atoms with Gasteiger partial charge in [-0.25, -0.2) is 33.1 Å². The van der Waals surface area contributed by atoms with Crippen LogP contribution in [0.4, 0.5) is 23.3 Å². The molecule has 0 bridgehead atoms. The summed E-state index contributed by atoms with van der Waals surface area (Å²) >= 11 is 0. The molecule has 0 aromatic carbocycles. The van der Waals surface area contributed by atoms with Gasteiger partial charge in [0.05, 0.1) is 17.1 Å². The minimum Gasteiger partial charge on any atom is -0.480 e. The number of aliphatic hydroxyl groups is 2. The van der Waals surface area contributed by atoms with Crippen LogP contribution < -0.4 is 32.4 Å². The van der Waals surface area contributed by atoms with Crippen LogP contribution in [0, 0.1) is 0 Å². The number of H-pyrrole nitrogens is 1. The molecule has 1 amide bonds. The lowest BCUT2D eigenvalue weighted by Crippen LogP contribution is -2.55. The van der Waals surface area contributed by atoms with Crippen molar-refractivity contribution in [3.63, 3.8) is 0 Å². The highest BCUT2D eigenvalue weighted by Gasteiger charge is 2.46. The van der Waals surface area contributed by atoms with Gasteiger partial charge < -0.3 is 42.2 Å². The molecule has 2 saturated heterocycles. The van der Waals surface area contributed by atoms with Gasteiger partial charge in [-0.2, -0.15) is 4.98 Å². The molecule has 0 saturated carbocycles. The molecule has 3 aliphatic heterocycles. The van der Waals surface area contributed by atoms with Crippen LogP contribution in [0.3, 0.4) is 0 Å². The molecule has 3 aromatic heterocycles. The van der Waals surface area contributed by atoms with E-state index < -0.39 is 75.4 Å². The monoisotopic (exact) mass is 719 g/mol. The molecule has 0 aliphatic carbocycles. The van der Waals surface area contributed by atoms with Crippen molar-refractivity contribution in [2.24, 2.45) is 4.99 Å². The number of fused-ring (bicyclic) bond motifs is 2. The largest absolute Gasteiger partial charge is 0.480 e. The van der Waals surface area contributed by atoms with E-state index in [0.29, 0.717) is 0 Å². The quantitative estimate of drug-likeness (QED) is 0.0987. The summed E-state index contributed by atoms with van der Waals surface area (Å²) in [5.74, 6) is -1.72. The molecule has 0 spiro atoms. The van der Waals surface area contributed by atoms with Gasteiger partial charge in [0.25, 0.3) is 11.5 Å². The zero-order valence-corrected chi connectivity index (χ0v) is 27.7. The topological polar surface area (TPSA) is 331 Å². The number of nitrogens with two attached hydrogens (primary N) is 2. The van der Waals surface area contributed by atoms with Crippen LogP contribution in [-0.4, -0.2) is 137 Å². The number of likely N-dealkylation sites (tertiary alicyclic amines) is 1. The summed E-state index contributed by atoms with van der Waals surface area (Å²) in [5, 5.41) is 35.9. The number of carbonyl (C=O) groups excluding carboxylic acids is 1. The number of aromatic amines is 1. The van der Waals surface area contributed by atoms with Crippen molar-refractivity contribution in [1.29, 1.82) is 0 Å². The number of carboxylic acid groups (broad SMARTS) is 1. The maximum absolute atomic E-state index is 13.3. The first-order valence-corrected chi connectivity index (χ1v) is 17.1. The van der Waals surface area contributed by atoms with E-state index in [2.05, 4.69) is 45.3 Å². The third-order valence-electron chi connectivity index (χ3n) is 8.93. The van der Waals surface area contributed by atoms with Gasteiger partial charge in [0.15, 0.2) is 29.2 Å². The minimum atomic E-state index is -4.11. The highest BCUT2D eigenvalue weighted by atomic mass is 32.2. The van der Waals surface area contributed by atoms with Crippen LogP contribution in [0.5, 0.6) is 0 Å². The number of aromatic nitrogens is 6. The van der Waals surface area contributed by atoms with Crippen molar-refractivity contribution >= 4 is 62.0 Å². The predicted octanol–water partition coefficient (Wildman–Crippen LogP) is -3.38. The Kier molecular flexibility index (Phi) is 9.21. The van der Waals surface area contributed by atoms with E-state index in [4.69, 9.17) is 16.2 Å². The molecule has 2 unspecified atom stereocenters. The summed E-state index contributed by atoms with van der Waals surface area (Å²) in [6, 6.07) is -1.18. The second-order valence-electron chi connectivity index (χ2n) is 12.7. The van der Waals surface area contributed by atoms with E-state index in [0.717, 1.165) is 0 Å². The van der Waals surface area contributed by atoms with Gasteiger partial charge in [0.2, 0.25) is 16.0 Å². The minimum absolute atomic E-state index is 0.0000247. The highest BCUT2D eigenvalue weighted by molar-refractivity contribution is 7.90. The summed E-state index contributed by atoms with van der Waals surface area (Å²) in [6.07, 6.45) is -2.90. The number of aliphatic carboxylic acids is 1. The zero-order chi connectivity index (χ0) is 36.1. The second kappa shape index (κ2) is 13.1. The van der Waals surface area contributed by atoms with Gasteiger partial charge in [0.1, 0.15) is 41.9 Å². The molecule has 3 aromatic rings. The Morgan fingerprint density at radius 3 is 2.68 bits per heavy atom. The molecule has 6 rings (SSSR count). The number of nitrogen functional groups attached to an aromatic ring is 2. The molecule has 0 radical (unpaired) electrons. The summed E-state index contributed by atoms with van der Waals surface area (Å²) in [5.41, 5.74) is 10.2. The Balaban J connectivity index is 1.04. The van der Waals surface area contributed by atoms with Crippen molar-refractivity contribution in [2.75, 3.05) is 43.0 Å². The predicted molar refractivity (Wildman–Crippen MR) is 176 cm³/mol. The first-order valence-electron chi connectivity index (χ1n) is 15.5. The number of imidazole rings is 1. The van der Waals surface area contributed by atoms with Crippen LogP contribution in [0.2, 0.25) is 0 Å². The van der Waals surface area contributed by atoms with Gasteiger partial charge in [-0.05, 0) is 26.7 Å². The number of hydrogen-bond donors (Lipinski definition) is 9. The first kappa shape index (κ1) is 35.0. The van der Waals surface area contributed by atoms with E-state index in [-0.39, 0.29) is 72.6 Å². The molecule has 23 heteroatoms. The smallest absolute Gasteiger partial charge is 0.320 e. The van der Waals surface area contributed by atoms with E-state index in [1.165, 1.54) is 17.2 Å². The third-order valence-corrected chi connectivity index (χ3v) is 10.8. The van der Waals surface area contributed by atoms with Crippen LogP contribution in [0.1, 0.15) is 32.9 Å². The SMILES string of the molecule is CC1(C)Nc2nc(N)[nH]c(=O)c2N=C1C(=O)NCCN1CCC(S(=O)(=O)NC[C@H]2O[C@@H](n3cnc4c(N)ncnc43)[C@@H](O)[C@H]2O)CC1C(=O)O. The Morgan fingerprint density at radius 1 is 1.18 bits per heavy atom. The molecule has 11 N–H and O–H groups in total. The number of sulfonamides is 1. The average Bonchev–Trinajstić information content (AvgIpc) is 3.60. The normalized spacial score (nSPS) is 26.6. The fourth-order valence-corrected chi connectivity index (χ4v) is 7.79. The number of rotatable bonds is 10. The lowest BCUT2D eigenvalue weighted by molar-refractivity contribution is -0.144. The second-order valence-corrected chi connectivity index (χ2v) is 14.7. The number of nitrogens with zero attached hydrogens (tertiary/aromatic N) is 7. The van der Waals surface area contributed by atoms with Crippen LogP contribution in [-0.2, 0) is 24.3 Å². The van der Waals surface area contributed by atoms with Crippen molar-refractivity contribution in [2.45, 2.75) is 68.1 Å². The number of aliphatic imine (C=N–C) groups is 1. The van der Waals surface area contributed by atoms with E-state index in [1.54, 1.807) is 18.7 Å². The lowest BCUT2D eigenvalue weighted by atomic mass is 9.95. The number of ether oxygens (including phenoxy) is 1. The van der Waals surface area contributed by atoms with Gasteiger partial charge in [-0.1, -0.05) is 0 Å². The van der Waals surface area contributed by atoms with Crippen LogP contribution in [0.25, 0.3) is 11.2 Å². The molecule has 22 nitrogen and oxygen atoms in total. The molecule has 6 heterocycles. The van der Waals surface area contributed by atoms with E-state index in [1.807, 2.05) is 0 Å². The van der Waals surface area contributed by atoms with Gasteiger partial charge in [-0.15, -0.1) is 0 Å². The summed E-state index contributed by atoms with van der Waals surface area (Å²) < 4.78 is 36.2. The number of piperidine rings is 1. The van der Waals surface area contributed by atoms with Gasteiger partial charge >= 0.3 is 5.97 Å². The molecular weight excluding hydrogens is 682 g/mol. The number of carboxylic acids is 1. The number of nitrogens with one attached hydrogen (secondary N) is 4. The summed E-state index contributed by atoms with van der Waals surface area (Å²) in [4.78, 5) is 61.9. The number of hydrogen-bond acceptors (Lipinski definition) is 17.